The lowest BCUT2D eigenvalue weighted by Crippen LogP contribution is -2.68. The standard InChI is InChI=1S/2C20H27Cl2N3O/c2*21-15-7-6-14(12-16(15)22)13-19(26)25-11-8-23-17-4-3-5-18(20(17)25)24-9-1-2-10-24/h2*6-7,12,17-18,20,23H,1-5,8-11,13H2/t2*17-,18+,20+/m10/s1. The van der Waals surface area contributed by atoms with Crippen LogP contribution in [0.25, 0.3) is 0 Å². The topological polar surface area (TPSA) is 71.2 Å². The van der Waals surface area contributed by atoms with E-state index >= 15 is 0 Å². The Morgan fingerprint density at radius 1 is 0.538 bits per heavy atom. The predicted molar refractivity (Wildman–Crippen MR) is 212 cm³/mol. The number of hydrogen-bond acceptors (Lipinski definition) is 6. The molecule has 0 aromatic heterocycles. The molecule has 12 heteroatoms. The Hall–Kier alpha value is -1.62. The first-order chi connectivity index (χ1) is 25.3. The second kappa shape index (κ2) is 17.9. The summed E-state index contributed by atoms with van der Waals surface area (Å²) in [6, 6.07) is 13.5. The molecular formula is C40H54Cl4N6O2. The van der Waals surface area contributed by atoms with Gasteiger partial charge in [0.25, 0.3) is 0 Å². The first kappa shape index (κ1) is 38.6. The van der Waals surface area contributed by atoms with Crippen LogP contribution in [0.15, 0.2) is 36.4 Å². The fraction of sp³-hybridized carbons (Fsp3) is 0.650. The molecule has 6 aliphatic rings. The van der Waals surface area contributed by atoms with Crippen LogP contribution in [0.4, 0.5) is 0 Å². The lowest BCUT2D eigenvalue weighted by Gasteiger charge is -2.51. The van der Waals surface area contributed by atoms with Crippen LogP contribution in [0.5, 0.6) is 0 Å². The number of piperazine rings is 2. The molecule has 0 unspecified atom stereocenters. The van der Waals surface area contributed by atoms with E-state index in [2.05, 4.69) is 30.2 Å². The van der Waals surface area contributed by atoms with E-state index in [1.807, 2.05) is 24.3 Å². The Balaban J connectivity index is 0.000000162. The molecule has 4 heterocycles. The number of halogens is 4. The summed E-state index contributed by atoms with van der Waals surface area (Å²) >= 11 is 24.3. The minimum absolute atomic E-state index is 0.214. The molecule has 8 rings (SSSR count). The van der Waals surface area contributed by atoms with Crippen molar-refractivity contribution in [3.63, 3.8) is 0 Å². The smallest absolute Gasteiger partial charge is 0.227 e. The highest BCUT2D eigenvalue weighted by molar-refractivity contribution is 6.42. The molecule has 0 radical (unpaired) electrons. The molecule has 284 valence electrons. The zero-order chi connectivity index (χ0) is 36.2. The van der Waals surface area contributed by atoms with Crippen LogP contribution in [-0.2, 0) is 22.4 Å². The number of fused-ring (bicyclic) bond motifs is 2. The van der Waals surface area contributed by atoms with Crippen LogP contribution in [0, 0.1) is 0 Å². The zero-order valence-corrected chi connectivity index (χ0v) is 33.2. The van der Waals surface area contributed by atoms with Gasteiger partial charge in [0.15, 0.2) is 0 Å². The van der Waals surface area contributed by atoms with Crippen molar-refractivity contribution >= 4 is 58.2 Å². The van der Waals surface area contributed by atoms with E-state index in [-0.39, 0.29) is 11.8 Å². The van der Waals surface area contributed by atoms with Gasteiger partial charge in [0, 0.05) is 50.3 Å². The molecule has 0 spiro atoms. The summed E-state index contributed by atoms with van der Waals surface area (Å²) < 4.78 is 0. The van der Waals surface area contributed by atoms with Crippen LogP contribution in [0.3, 0.4) is 0 Å². The normalized spacial score (nSPS) is 29.6. The molecule has 2 N–H and O–H groups in total. The van der Waals surface area contributed by atoms with E-state index in [0.717, 1.165) is 37.3 Å². The Morgan fingerprint density at radius 3 is 1.33 bits per heavy atom. The van der Waals surface area contributed by atoms with Gasteiger partial charge in [0.1, 0.15) is 0 Å². The van der Waals surface area contributed by atoms with Crippen LogP contribution in [0.1, 0.15) is 75.3 Å². The van der Waals surface area contributed by atoms with Crippen molar-refractivity contribution in [2.24, 2.45) is 0 Å². The first-order valence-corrected chi connectivity index (χ1v) is 21.2. The lowest BCUT2D eigenvalue weighted by molar-refractivity contribution is -0.138. The quantitative estimate of drug-likeness (QED) is 0.340. The van der Waals surface area contributed by atoms with E-state index in [1.165, 1.54) is 90.4 Å². The van der Waals surface area contributed by atoms with E-state index in [9.17, 15) is 9.59 Å². The third-order valence-electron chi connectivity index (χ3n) is 12.4. The van der Waals surface area contributed by atoms with Crippen molar-refractivity contribution in [2.75, 3.05) is 52.4 Å². The number of nitrogens with one attached hydrogen (secondary N) is 2. The highest BCUT2D eigenvalue weighted by Gasteiger charge is 2.45. The molecular weight excluding hydrogens is 738 g/mol. The minimum atomic E-state index is 0.214. The van der Waals surface area contributed by atoms with Gasteiger partial charge in [-0.3, -0.25) is 19.4 Å². The van der Waals surface area contributed by atoms with E-state index in [1.54, 1.807) is 12.1 Å². The van der Waals surface area contributed by atoms with Crippen molar-refractivity contribution in [1.29, 1.82) is 0 Å². The average Bonchev–Trinajstić information content (AvgIpc) is 3.90. The van der Waals surface area contributed by atoms with Gasteiger partial charge in [-0.25, -0.2) is 0 Å². The van der Waals surface area contributed by atoms with E-state index in [4.69, 9.17) is 46.4 Å². The van der Waals surface area contributed by atoms with E-state index < -0.39 is 0 Å². The van der Waals surface area contributed by atoms with Gasteiger partial charge in [0.05, 0.1) is 45.0 Å². The molecule has 6 fully saturated rings. The Morgan fingerprint density at radius 2 is 0.942 bits per heavy atom. The molecule has 8 nitrogen and oxygen atoms in total. The highest BCUT2D eigenvalue weighted by Crippen LogP contribution is 2.34. The van der Waals surface area contributed by atoms with Gasteiger partial charge in [-0.1, -0.05) is 71.4 Å². The molecule has 2 aromatic carbocycles. The van der Waals surface area contributed by atoms with E-state index in [0.29, 0.717) is 69.2 Å². The van der Waals surface area contributed by atoms with Crippen molar-refractivity contribution in [1.82, 2.24) is 30.2 Å². The van der Waals surface area contributed by atoms with Gasteiger partial charge >= 0.3 is 0 Å². The predicted octanol–water partition coefficient (Wildman–Crippen LogP) is 6.71. The summed E-state index contributed by atoms with van der Waals surface area (Å²) in [5, 5.41) is 9.46. The van der Waals surface area contributed by atoms with Gasteiger partial charge in [0.2, 0.25) is 11.8 Å². The maximum absolute atomic E-state index is 13.2. The summed E-state index contributed by atoms with van der Waals surface area (Å²) in [4.78, 5) is 35.9. The minimum Gasteiger partial charge on any atom is -0.335 e. The van der Waals surface area contributed by atoms with Crippen LogP contribution >= 0.6 is 46.4 Å². The number of hydrogen-bond donors (Lipinski definition) is 2. The monoisotopic (exact) mass is 790 g/mol. The van der Waals surface area contributed by atoms with Gasteiger partial charge in [-0.15, -0.1) is 0 Å². The Labute approximate surface area is 329 Å². The molecule has 2 saturated carbocycles. The first-order valence-electron chi connectivity index (χ1n) is 19.7. The van der Waals surface area contributed by atoms with Crippen LogP contribution in [0.2, 0.25) is 20.1 Å². The maximum Gasteiger partial charge on any atom is 0.227 e. The number of nitrogens with zero attached hydrogens (tertiary/aromatic N) is 4. The number of likely N-dealkylation sites (tertiary alicyclic amines) is 2. The van der Waals surface area contributed by atoms with Crippen molar-refractivity contribution in [3.05, 3.63) is 67.6 Å². The summed E-state index contributed by atoms with van der Waals surface area (Å²) in [6.45, 7) is 8.11. The van der Waals surface area contributed by atoms with Crippen molar-refractivity contribution < 1.29 is 9.59 Å². The molecule has 4 saturated heterocycles. The van der Waals surface area contributed by atoms with Gasteiger partial charge < -0.3 is 20.4 Å². The molecule has 6 atom stereocenters. The number of carbonyl (C=O) groups excluding carboxylic acids is 2. The molecule has 2 aliphatic carbocycles. The number of rotatable bonds is 6. The third-order valence-corrected chi connectivity index (χ3v) is 13.9. The highest BCUT2D eigenvalue weighted by atomic mass is 35.5. The number of carbonyl (C=O) groups is 2. The molecule has 52 heavy (non-hydrogen) atoms. The van der Waals surface area contributed by atoms with Crippen molar-refractivity contribution in [2.45, 2.75) is 113 Å². The Kier molecular flexibility index (Phi) is 13.3. The fourth-order valence-electron chi connectivity index (χ4n) is 10.0. The lowest BCUT2D eigenvalue weighted by atomic mass is 9.82. The molecule has 4 aliphatic heterocycles. The third kappa shape index (κ3) is 8.91. The SMILES string of the molecule is O=C(Cc1ccc(Cl)c(Cl)c1)N1CCN[C@@H]2CCC[C@H](N3CCCC3)[C@H]21.O=C(Cc1ccc(Cl)c(Cl)c1)N1CCN[C@H]2CCC[C@@H](N3CCCC3)[C@@H]21. The average molecular weight is 793 g/mol. The molecule has 2 aromatic rings. The summed E-state index contributed by atoms with van der Waals surface area (Å²) in [7, 11) is 0. The largest absolute Gasteiger partial charge is 0.335 e. The molecule has 0 bridgehead atoms. The second-order valence-corrected chi connectivity index (χ2v) is 17.2. The maximum atomic E-state index is 13.2. The summed E-state index contributed by atoms with van der Waals surface area (Å²) in [5.41, 5.74) is 1.88. The second-order valence-electron chi connectivity index (χ2n) is 15.6. The van der Waals surface area contributed by atoms with Crippen LogP contribution in [-0.4, -0.2) is 120 Å². The van der Waals surface area contributed by atoms with Crippen molar-refractivity contribution in [3.8, 4) is 0 Å². The fourth-order valence-corrected chi connectivity index (χ4v) is 10.7. The zero-order valence-electron chi connectivity index (χ0n) is 30.2. The van der Waals surface area contributed by atoms with Gasteiger partial charge in [-0.05, 0) is 113 Å². The van der Waals surface area contributed by atoms with Crippen LogP contribution < -0.4 is 10.6 Å². The summed E-state index contributed by atoms with van der Waals surface area (Å²) in [6.07, 6.45) is 13.2. The summed E-state index contributed by atoms with van der Waals surface area (Å²) in [5.74, 6) is 0.428. The number of benzene rings is 2. The Bertz CT molecular complexity index is 1430. The van der Waals surface area contributed by atoms with Gasteiger partial charge in [-0.2, -0.15) is 0 Å². The molecule has 2 amide bonds. The number of amides is 2.